The molecule has 4 aromatic carbocycles. The maximum atomic E-state index is 14.5. The molecule has 2 amide bonds. The minimum Gasteiger partial charge on any atom is -0.352 e. The highest BCUT2D eigenvalue weighted by Gasteiger charge is 2.35. The molecule has 1 N–H and O–H groups in total. The molecule has 0 spiro atoms. The van der Waals surface area contributed by atoms with Crippen LogP contribution in [-0.2, 0) is 32.6 Å². The van der Waals surface area contributed by atoms with Gasteiger partial charge in [-0.25, -0.2) is 12.8 Å². The molecule has 234 valence electrons. The van der Waals surface area contributed by atoms with Crippen LogP contribution in [0.2, 0.25) is 0 Å². The van der Waals surface area contributed by atoms with Crippen molar-refractivity contribution in [1.29, 1.82) is 0 Å². The Kier molecular flexibility index (Phi) is 10.3. The molecule has 1 aliphatic carbocycles. The first-order valence-corrected chi connectivity index (χ1v) is 16.7. The molecule has 0 saturated heterocycles. The molecule has 45 heavy (non-hydrogen) atoms. The van der Waals surface area contributed by atoms with E-state index >= 15 is 0 Å². The van der Waals surface area contributed by atoms with Crippen molar-refractivity contribution in [2.45, 2.75) is 62.6 Å². The predicted molar refractivity (Wildman–Crippen MR) is 173 cm³/mol. The summed E-state index contributed by atoms with van der Waals surface area (Å²) in [6.07, 6.45) is 4.09. The molecular formula is C36H38FN3O4S. The number of para-hydroxylation sites is 1. The van der Waals surface area contributed by atoms with Gasteiger partial charge >= 0.3 is 0 Å². The lowest BCUT2D eigenvalue weighted by atomic mass is 10.0. The number of anilines is 1. The van der Waals surface area contributed by atoms with Crippen molar-refractivity contribution in [1.82, 2.24) is 10.2 Å². The number of nitrogens with zero attached hydrogens (tertiary/aromatic N) is 2. The Morgan fingerprint density at radius 2 is 1.47 bits per heavy atom. The minimum absolute atomic E-state index is 0.0337. The second-order valence-corrected chi connectivity index (χ2v) is 13.4. The SMILES string of the molecule is Cc1cccc(CN(C(=O)CN(c2ccccc2)S(=O)(=O)c2ccc(F)cc2)C(Cc2ccccc2)C(=O)NC2CCCC2)c1. The summed E-state index contributed by atoms with van der Waals surface area (Å²) in [7, 11) is -4.28. The smallest absolute Gasteiger partial charge is 0.264 e. The Hall–Kier alpha value is -4.50. The van der Waals surface area contributed by atoms with Crippen LogP contribution in [0.3, 0.4) is 0 Å². The zero-order valence-corrected chi connectivity index (χ0v) is 26.1. The van der Waals surface area contributed by atoms with Gasteiger partial charge in [-0.3, -0.25) is 13.9 Å². The number of rotatable bonds is 12. The monoisotopic (exact) mass is 627 g/mol. The average molecular weight is 628 g/mol. The van der Waals surface area contributed by atoms with E-state index in [0.717, 1.165) is 58.8 Å². The molecule has 4 aromatic rings. The zero-order valence-electron chi connectivity index (χ0n) is 25.3. The van der Waals surface area contributed by atoms with E-state index in [1.807, 2.05) is 61.5 Å². The third-order valence-corrected chi connectivity index (χ3v) is 9.92. The fourth-order valence-corrected chi connectivity index (χ4v) is 7.20. The molecule has 0 aliphatic heterocycles. The second-order valence-electron chi connectivity index (χ2n) is 11.5. The van der Waals surface area contributed by atoms with Crippen LogP contribution in [0.25, 0.3) is 0 Å². The largest absolute Gasteiger partial charge is 0.352 e. The van der Waals surface area contributed by atoms with Gasteiger partial charge in [0.15, 0.2) is 0 Å². The summed E-state index contributed by atoms with van der Waals surface area (Å²) in [6.45, 7) is 1.50. The lowest BCUT2D eigenvalue weighted by Gasteiger charge is -2.34. The number of nitrogens with one attached hydrogen (secondary N) is 1. The lowest BCUT2D eigenvalue weighted by Crippen LogP contribution is -2.54. The third-order valence-electron chi connectivity index (χ3n) is 8.13. The van der Waals surface area contributed by atoms with Crippen LogP contribution in [-0.4, -0.2) is 43.8 Å². The summed E-state index contributed by atoms with van der Waals surface area (Å²) in [5.74, 6) is -1.37. The van der Waals surface area contributed by atoms with Gasteiger partial charge in [0.1, 0.15) is 18.4 Å². The van der Waals surface area contributed by atoms with Gasteiger partial charge in [0.05, 0.1) is 10.6 Å². The molecule has 1 aliphatic rings. The predicted octanol–water partition coefficient (Wildman–Crippen LogP) is 6.03. The van der Waals surface area contributed by atoms with Crippen molar-refractivity contribution in [3.05, 3.63) is 132 Å². The van der Waals surface area contributed by atoms with Crippen LogP contribution >= 0.6 is 0 Å². The van der Waals surface area contributed by atoms with Crippen LogP contribution in [0, 0.1) is 12.7 Å². The van der Waals surface area contributed by atoms with Crippen LogP contribution in [0.15, 0.2) is 114 Å². The van der Waals surface area contributed by atoms with Crippen LogP contribution in [0.5, 0.6) is 0 Å². The first-order valence-electron chi connectivity index (χ1n) is 15.2. The van der Waals surface area contributed by atoms with E-state index in [2.05, 4.69) is 5.32 Å². The van der Waals surface area contributed by atoms with E-state index in [4.69, 9.17) is 0 Å². The van der Waals surface area contributed by atoms with E-state index in [-0.39, 0.29) is 35.5 Å². The molecule has 0 bridgehead atoms. The molecular weight excluding hydrogens is 589 g/mol. The molecule has 1 saturated carbocycles. The standard InChI is InChI=1S/C36H38FN3O4S/c1-27-11-10-14-29(23-27)25-39(34(24-28-12-4-2-5-13-28)36(42)38-31-15-8-9-16-31)35(41)26-40(32-17-6-3-7-18-32)45(43,44)33-21-19-30(37)20-22-33/h2-7,10-14,17-23,31,34H,8-9,15-16,24-26H2,1H3,(H,38,42). The maximum Gasteiger partial charge on any atom is 0.264 e. The first-order chi connectivity index (χ1) is 21.7. The molecule has 1 unspecified atom stereocenters. The Labute approximate surface area is 264 Å². The van der Waals surface area contributed by atoms with Crippen LogP contribution in [0.4, 0.5) is 10.1 Å². The zero-order chi connectivity index (χ0) is 31.8. The summed E-state index contributed by atoms with van der Waals surface area (Å²) in [4.78, 5) is 29.9. The molecule has 7 nitrogen and oxygen atoms in total. The number of amides is 2. The van der Waals surface area contributed by atoms with Crippen molar-refractivity contribution >= 4 is 27.5 Å². The Morgan fingerprint density at radius 3 is 2.11 bits per heavy atom. The highest BCUT2D eigenvalue weighted by molar-refractivity contribution is 7.92. The second kappa shape index (κ2) is 14.5. The number of carbonyl (C=O) groups is 2. The number of carbonyl (C=O) groups excluding carboxylic acids is 2. The maximum absolute atomic E-state index is 14.5. The molecule has 1 fully saturated rings. The van der Waals surface area contributed by atoms with Gasteiger partial charge in [-0.2, -0.15) is 0 Å². The van der Waals surface area contributed by atoms with Gasteiger partial charge in [0.25, 0.3) is 10.0 Å². The number of aryl methyl sites for hydroxylation is 1. The number of hydrogen-bond donors (Lipinski definition) is 1. The van der Waals surface area contributed by atoms with Crippen molar-refractivity contribution in [3.63, 3.8) is 0 Å². The van der Waals surface area contributed by atoms with E-state index < -0.39 is 34.3 Å². The van der Waals surface area contributed by atoms with Gasteiger partial charge in [-0.05, 0) is 67.3 Å². The number of benzene rings is 4. The van der Waals surface area contributed by atoms with Crippen LogP contribution in [0.1, 0.15) is 42.4 Å². The van der Waals surface area contributed by atoms with E-state index in [9.17, 15) is 22.4 Å². The minimum atomic E-state index is -4.28. The molecule has 5 rings (SSSR count). The summed E-state index contributed by atoms with van der Waals surface area (Å²) >= 11 is 0. The van der Waals surface area contributed by atoms with Crippen LogP contribution < -0.4 is 9.62 Å². The Morgan fingerprint density at radius 1 is 0.844 bits per heavy atom. The molecule has 9 heteroatoms. The van der Waals surface area contributed by atoms with Crippen molar-refractivity contribution in [2.24, 2.45) is 0 Å². The van der Waals surface area contributed by atoms with Crippen molar-refractivity contribution in [2.75, 3.05) is 10.8 Å². The fourth-order valence-electron chi connectivity index (χ4n) is 5.79. The fraction of sp³-hybridized carbons (Fsp3) is 0.278. The number of sulfonamides is 1. The van der Waals surface area contributed by atoms with Gasteiger partial charge < -0.3 is 10.2 Å². The van der Waals surface area contributed by atoms with E-state index in [1.165, 1.54) is 17.0 Å². The Balaban J connectivity index is 1.55. The molecule has 1 atom stereocenters. The van der Waals surface area contributed by atoms with Gasteiger partial charge in [-0.15, -0.1) is 0 Å². The van der Waals surface area contributed by atoms with E-state index in [1.54, 1.807) is 30.3 Å². The summed E-state index contributed by atoms with van der Waals surface area (Å²) in [5, 5.41) is 3.18. The van der Waals surface area contributed by atoms with E-state index in [0.29, 0.717) is 0 Å². The lowest BCUT2D eigenvalue weighted by molar-refractivity contribution is -0.140. The van der Waals surface area contributed by atoms with Crippen molar-refractivity contribution < 1.29 is 22.4 Å². The highest BCUT2D eigenvalue weighted by atomic mass is 32.2. The van der Waals surface area contributed by atoms with Gasteiger partial charge in [0.2, 0.25) is 11.8 Å². The molecule has 0 aromatic heterocycles. The van der Waals surface area contributed by atoms with Gasteiger partial charge in [0, 0.05) is 19.0 Å². The number of hydrogen-bond acceptors (Lipinski definition) is 4. The first kappa shape index (κ1) is 31.9. The molecule has 0 radical (unpaired) electrons. The molecule has 0 heterocycles. The number of halogens is 1. The summed E-state index contributed by atoms with van der Waals surface area (Å²) < 4.78 is 42.7. The normalized spacial score (nSPS) is 14.1. The summed E-state index contributed by atoms with van der Waals surface area (Å²) in [5.41, 5.74) is 2.98. The third kappa shape index (κ3) is 8.16. The highest BCUT2D eigenvalue weighted by Crippen LogP contribution is 2.26. The topological polar surface area (TPSA) is 86.8 Å². The van der Waals surface area contributed by atoms with Crippen molar-refractivity contribution in [3.8, 4) is 0 Å². The summed E-state index contributed by atoms with van der Waals surface area (Å²) in [6, 6.07) is 29.2. The quantitative estimate of drug-likeness (QED) is 0.208. The average Bonchev–Trinajstić information content (AvgIpc) is 3.55. The van der Waals surface area contributed by atoms with Gasteiger partial charge in [-0.1, -0.05) is 91.2 Å². The Bertz CT molecular complexity index is 1690.